The number of imidazole rings is 1. The Labute approximate surface area is 137 Å². The van der Waals surface area contributed by atoms with Crippen LogP contribution in [0.25, 0.3) is 0 Å². The maximum absolute atomic E-state index is 13.4. The van der Waals surface area contributed by atoms with E-state index < -0.39 is 11.6 Å². The molecular weight excluding hydrogens is 324 g/mol. The molecular formula is C16H16ClF2N3O. The van der Waals surface area contributed by atoms with Crippen LogP contribution >= 0.6 is 11.6 Å². The van der Waals surface area contributed by atoms with Crippen molar-refractivity contribution in [3.05, 3.63) is 52.6 Å². The quantitative estimate of drug-likeness (QED) is 0.784. The molecule has 23 heavy (non-hydrogen) atoms. The molecule has 1 saturated heterocycles. The number of carbonyl (C=O) groups excluding carboxylic acids is 1. The van der Waals surface area contributed by atoms with Crippen LogP contribution in [0, 0.1) is 18.6 Å². The molecule has 2 heterocycles. The van der Waals surface area contributed by atoms with Crippen LogP contribution in [-0.2, 0) is 0 Å². The van der Waals surface area contributed by atoms with Crippen molar-refractivity contribution in [1.29, 1.82) is 0 Å². The lowest BCUT2D eigenvalue weighted by Crippen LogP contribution is -2.41. The molecule has 1 amide bonds. The van der Waals surface area contributed by atoms with E-state index in [1.54, 1.807) is 11.1 Å². The average molecular weight is 340 g/mol. The van der Waals surface area contributed by atoms with Gasteiger partial charge in [-0.2, -0.15) is 0 Å². The minimum atomic E-state index is -1.07. The summed E-state index contributed by atoms with van der Waals surface area (Å²) in [7, 11) is 0. The molecule has 122 valence electrons. The molecule has 0 bridgehead atoms. The Bertz CT molecular complexity index is 747. The topological polar surface area (TPSA) is 38.1 Å². The Morgan fingerprint density at radius 2 is 2.09 bits per heavy atom. The molecule has 0 radical (unpaired) electrons. The number of carbonyl (C=O) groups is 1. The highest BCUT2D eigenvalue weighted by atomic mass is 35.5. The molecule has 7 heteroatoms. The summed E-state index contributed by atoms with van der Waals surface area (Å²) in [4.78, 5) is 18.4. The highest BCUT2D eigenvalue weighted by molar-refractivity contribution is 6.33. The van der Waals surface area contributed by atoms with Crippen molar-refractivity contribution in [2.45, 2.75) is 25.8 Å². The van der Waals surface area contributed by atoms with Crippen molar-refractivity contribution < 1.29 is 13.6 Å². The Kier molecular flexibility index (Phi) is 4.35. The molecule has 0 spiro atoms. The summed E-state index contributed by atoms with van der Waals surface area (Å²) in [5.41, 5.74) is -0.00595. The molecule has 3 rings (SSSR count). The van der Waals surface area contributed by atoms with Crippen LogP contribution in [0.3, 0.4) is 0 Å². The summed E-state index contributed by atoms with van der Waals surface area (Å²) >= 11 is 5.91. The minimum Gasteiger partial charge on any atom is -0.337 e. The first-order chi connectivity index (χ1) is 11.0. The Balaban J connectivity index is 1.83. The molecule has 2 aromatic rings. The van der Waals surface area contributed by atoms with Gasteiger partial charge in [0.15, 0.2) is 11.6 Å². The fourth-order valence-corrected chi connectivity index (χ4v) is 3.23. The van der Waals surface area contributed by atoms with E-state index >= 15 is 0 Å². The molecule has 1 aliphatic heterocycles. The maximum atomic E-state index is 13.4. The van der Waals surface area contributed by atoms with E-state index in [4.69, 9.17) is 11.6 Å². The SMILES string of the molecule is Cc1nccn1[C@H]1CCCN(C(=O)c2cc(F)c(F)cc2Cl)C1. The smallest absolute Gasteiger partial charge is 0.255 e. The first kappa shape index (κ1) is 15.9. The van der Waals surface area contributed by atoms with E-state index in [1.807, 2.05) is 17.7 Å². The van der Waals surface area contributed by atoms with Crippen LogP contribution in [0.2, 0.25) is 5.02 Å². The van der Waals surface area contributed by atoms with Crippen molar-refractivity contribution in [1.82, 2.24) is 14.5 Å². The van der Waals surface area contributed by atoms with Gasteiger partial charge in [-0.1, -0.05) is 11.6 Å². The zero-order chi connectivity index (χ0) is 16.6. The molecule has 0 aliphatic carbocycles. The number of hydrogen-bond donors (Lipinski definition) is 0. The van der Waals surface area contributed by atoms with Gasteiger partial charge in [0.2, 0.25) is 0 Å². The molecule has 0 unspecified atom stereocenters. The number of likely N-dealkylation sites (tertiary alicyclic amines) is 1. The van der Waals surface area contributed by atoms with Gasteiger partial charge in [0.05, 0.1) is 16.6 Å². The van der Waals surface area contributed by atoms with Crippen LogP contribution in [0.1, 0.15) is 35.1 Å². The number of piperidine rings is 1. The second kappa shape index (κ2) is 6.28. The fourth-order valence-electron chi connectivity index (χ4n) is 3.00. The van der Waals surface area contributed by atoms with Crippen LogP contribution in [0.5, 0.6) is 0 Å². The summed E-state index contributed by atoms with van der Waals surface area (Å²) in [5, 5.41) is -0.0742. The number of rotatable bonds is 2. The third-order valence-corrected chi connectivity index (χ3v) is 4.49. The molecule has 0 saturated carbocycles. The molecule has 4 nitrogen and oxygen atoms in total. The van der Waals surface area contributed by atoms with Crippen molar-refractivity contribution in [3.8, 4) is 0 Å². The molecule has 1 atom stereocenters. The first-order valence-corrected chi connectivity index (χ1v) is 7.78. The summed E-state index contributed by atoms with van der Waals surface area (Å²) in [5.74, 6) is -1.62. The lowest BCUT2D eigenvalue weighted by Gasteiger charge is -2.34. The van der Waals surface area contributed by atoms with Gasteiger partial charge >= 0.3 is 0 Å². The fraction of sp³-hybridized carbons (Fsp3) is 0.375. The molecule has 0 N–H and O–H groups in total. The maximum Gasteiger partial charge on any atom is 0.255 e. The number of aryl methyl sites for hydroxylation is 1. The molecule has 1 aromatic heterocycles. The second-order valence-corrected chi connectivity index (χ2v) is 6.08. The van der Waals surface area contributed by atoms with Gasteiger partial charge in [-0.3, -0.25) is 4.79 Å². The van der Waals surface area contributed by atoms with E-state index in [0.717, 1.165) is 30.8 Å². The van der Waals surface area contributed by atoms with Crippen molar-refractivity contribution in [2.24, 2.45) is 0 Å². The number of benzene rings is 1. The number of aromatic nitrogens is 2. The predicted octanol–water partition coefficient (Wildman–Crippen LogP) is 3.60. The third kappa shape index (κ3) is 3.08. The van der Waals surface area contributed by atoms with Gasteiger partial charge in [-0.25, -0.2) is 13.8 Å². The largest absolute Gasteiger partial charge is 0.337 e. The number of nitrogens with zero attached hydrogens (tertiary/aromatic N) is 3. The number of amides is 1. The first-order valence-electron chi connectivity index (χ1n) is 7.40. The van der Waals surface area contributed by atoms with Gasteiger partial charge in [-0.05, 0) is 31.9 Å². The van der Waals surface area contributed by atoms with Gasteiger partial charge in [0.1, 0.15) is 5.82 Å². The highest BCUT2D eigenvalue weighted by Crippen LogP contribution is 2.27. The monoisotopic (exact) mass is 339 g/mol. The number of hydrogen-bond acceptors (Lipinski definition) is 2. The van der Waals surface area contributed by atoms with Gasteiger partial charge < -0.3 is 9.47 Å². The van der Waals surface area contributed by atoms with Gasteiger partial charge in [0.25, 0.3) is 5.91 Å². The lowest BCUT2D eigenvalue weighted by molar-refractivity contribution is 0.0678. The predicted molar refractivity (Wildman–Crippen MR) is 82.5 cm³/mol. The Morgan fingerprint density at radius 3 is 2.78 bits per heavy atom. The van der Waals surface area contributed by atoms with E-state index in [9.17, 15) is 13.6 Å². The number of halogens is 3. The van der Waals surface area contributed by atoms with Crippen molar-refractivity contribution >= 4 is 17.5 Å². The normalized spacial score (nSPS) is 18.3. The van der Waals surface area contributed by atoms with Crippen molar-refractivity contribution in [2.75, 3.05) is 13.1 Å². The van der Waals surface area contributed by atoms with E-state index in [2.05, 4.69) is 4.98 Å². The lowest BCUT2D eigenvalue weighted by atomic mass is 10.0. The Hall–Kier alpha value is -1.95. The van der Waals surface area contributed by atoms with Crippen molar-refractivity contribution in [3.63, 3.8) is 0 Å². The summed E-state index contributed by atoms with van der Waals surface area (Å²) in [6.45, 7) is 2.97. The summed E-state index contributed by atoms with van der Waals surface area (Å²) in [6.07, 6.45) is 5.38. The summed E-state index contributed by atoms with van der Waals surface area (Å²) < 4.78 is 28.6. The highest BCUT2D eigenvalue weighted by Gasteiger charge is 2.27. The van der Waals surface area contributed by atoms with E-state index in [0.29, 0.717) is 13.1 Å². The third-order valence-electron chi connectivity index (χ3n) is 4.18. The van der Waals surface area contributed by atoms with Crippen LogP contribution < -0.4 is 0 Å². The second-order valence-electron chi connectivity index (χ2n) is 5.68. The van der Waals surface area contributed by atoms with Crippen LogP contribution in [0.15, 0.2) is 24.5 Å². The molecule has 1 aromatic carbocycles. The zero-order valence-corrected chi connectivity index (χ0v) is 13.4. The van der Waals surface area contributed by atoms with E-state index in [-0.39, 0.29) is 22.5 Å². The van der Waals surface area contributed by atoms with Gasteiger partial charge in [0, 0.05) is 25.5 Å². The molecule has 1 fully saturated rings. The zero-order valence-electron chi connectivity index (χ0n) is 12.6. The average Bonchev–Trinajstić information content (AvgIpc) is 2.96. The van der Waals surface area contributed by atoms with Gasteiger partial charge in [-0.15, -0.1) is 0 Å². The standard InChI is InChI=1S/C16H16ClF2N3O/c1-10-20-4-6-22(10)11-3-2-5-21(9-11)16(23)12-7-14(18)15(19)8-13(12)17/h4,6-8,11H,2-3,5,9H2,1H3/t11-/m0/s1. The van der Waals surface area contributed by atoms with Crippen LogP contribution in [-0.4, -0.2) is 33.4 Å². The molecule has 1 aliphatic rings. The van der Waals surface area contributed by atoms with E-state index in [1.165, 1.54) is 0 Å². The minimum absolute atomic E-state index is 0.00595. The van der Waals surface area contributed by atoms with Crippen LogP contribution in [0.4, 0.5) is 8.78 Å². The summed E-state index contributed by atoms with van der Waals surface area (Å²) in [6, 6.07) is 1.83. The Morgan fingerprint density at radius 1 is 1.35 bits per heavy atom.